The summed E-state index contributed by atoms with van der Waals surface area (Å²) in [5, 5.41) is 0. The Balaban J connectivity index is 1.51. The predicted molar refractivity (Wildman–Crippen MR) is 111 cm³/mol. The Morgan fingerprint density at radius 2 is 2.00 bits per heavy atom. The molecule has 0 saturated carbocycles. The highest BCUT2D eigenvalue weighted by Crippen LogP contribution is 2.27. The second-order valence-electron chi connectivity index (χ2n) is 6.69. The second-order valence-corrected chi connectivity index (χ2v) is 8.38. The normalized spacial score (nSPS) is 11.9. The van der Waals surface area contributed by atoms with Crippen molar-refractivity contribution in [3.63, 3.8) is 0 Å². The van der Waals surface area contributed by atoms with Crippen LogP contribution in [0.15, 0.2) is 75.0 Å². The quantitative estimate of drug-likeness (QED) is 0.460. The number of aromatic nitrogens is 4. The zero-order valence-electron chi connectivity index (χ0n) is 15.7. The van der Waals surface area contributed by atoms with Crippen LogP contribution in [0.1, 0.15) is 5.69 Å². The van der Waals surface area contributed by atoms with E-state index >= 15 is 0 Å². The highest BCUT2D eigenvalue weighted by molar-refractivity contribution is 7.92. The molecule has 0 unspecified atom stereocenters. The van der Waals surface area contributed by atoms with Crippen molar-refractivity contribution in [1.29, 1.82) is 0 Å². The summed E-state index contributed by atoms with van der Waals surface area (Å²) in [6, 6.07) is 13.0. The monoisotopic (exact) mass is 421 g/mol. The molecule has 10 heteroatoms. The molecule has 0 saturated heterocycles. The summed E-state index contributed by atoms with van der Waals surface area (Å²) in [5.41, 5.74) is 3.35. The number of sulfonamides is 1. The minimum atomic E-state index is -3.88. The highest BCUT2D eigenvalue weighted by Gasteiger charge is 2.17. The minimum absolute atomic E-state index is 0.00515. The number of oxazole rings is 1. The summed E-state index contributed by atoms with van der Waals surface area (Å²) in [6.45, 7) is 1.93. The first-order valence-corrected chi connectivity index (χ1v) is 10.4. The molecule has 0 spiro atoms. The molecule has 3 heterocycles. The van der Waals surface area contributed by atoms with Crippen LogP contribution in [-0.4, -0.2) is 27.8 Å². The largest absolute Gasteiger partial charge is 0.417 e. The molecule has 5 aromatic rings. The van der Waals surface area contributed by atoms with Crippen molar-refractivity contribution >= 4 is 32.6 Å². The van der Waals surface area contributed by atoms with E-state index in [1.807, 2.05) is 29.7 Å². The van der Waals surface area contributed by atoms with E-state index in [1.165, 1.54) is 18.2 Å². The summed E-state index contributed by atoms with van der Waals surface area (Å²) in [7, 11) is -3.88. The van der Waals surface area contributed by atoms with E-state index in [1.54, 1.807) is 24.4 Å². The lowest BCUT2D eigenvalue weighted by Crippen LogP contribution is -2.12. The Labute approximate surface area is 170 Å². The molecule has 0 bridgehead atoms. The summed E-state index contributed by atoms with van der Waals surface area (Å²) < 4.78 is 35.0. The molecule has 0 aliphatic heterocycles. The van der Waals surface area contributed by atoms with Crippen LogP contribution in [0.3, 0.4) is 0 Å². The lowest BCUT2D eigenvalue weighted by atomic mass is 10.1. The van der Waals surface area contributed by atoms with Gasteiger partial charge in [-0.3, -0.25) is 14.1 Å². The van der Waals surface area contributed by atoms with E-state index in [4.69, 9.17) is 4.42 Å². The number of fused-ring (bicyclic) bond motifs is 2. The van der Waals surface area contributed by atoms with Crippen LogP contribution in [0.2, 0.25) is 0 Å². The molecule has 2 N–H and O–H groups in total. The molecule has 0 atom stereocenters. The number of hydrogen-bond donors (Lipinski definition) is 2. The van der Waals surface area contributed by atoms with Crippen LogP contribution in [0.5, 0.6) is 0 Å². The molecule has 0 amide bonds. The summed E-state index contributed by atoms with van der Waals surface area (Å²) in [4.78, 5) is 22.6. The number of H-pyrrole nitrogens is 1. The van der Waals surface area contributed by atoms with E-state index in [9.17, 15) is 13.2 Å². The fraction of sp³-hybridized carbons (Fsp3) is 0.0500. The third-order valence-electron chi connectivity index (χ3n) is 4.73. The first-order valence-electron chi connectivity index (χ1n) is 8.96. The van der Waals surface area contributed by atoms with E-state index in [0.29, 0.717) is 22.7 Å². The van der Waals surface area contributed by atoms with Crippen LogP contribution >= 0.6 is 0 Å². The fourth-order valence-corrected chi connectivity index (χ4v) is 4.39. The lowest BCUT2D eigenvalue weighted by molar-refractivity contribution is 0.555. The number of rotatable bonds is 4. The number of nitrogens with zero attached hydrogens (tertiary/aromatic N) is 3. The summed E-state index contributed by atoms with van der Waals surface area (Å²) in [6.07, 6.45) is 3.54. The molecule has 0 radical (unpaired) electrons. The van der Waals surface area contributed by atoms with Crippen LogP contribution in [-0.2, 0) is 10.0 Å². The number of hydrogen-bond acceptors (Lipinski definition) is 6. The number of benzene rings is 2. The number of anilines is 1. The van der Waals surface area contributed by atoms with Crippen LogP contribution in [0.4, 0.5) is 5.69 Å². The van der Waals surface area contributed by atoms with Crippen LogP contribution in [0, 0.1) is 6.92 Å². The molecule has 5 rings (SSSR count). The molecule has 0 aliphatic rings. The molecule has 30 heavy (non-hydrogen) atoms. The van der Waals surface area contributed by atoms with Gasteiger partial charge in [0.15, 0.2) is 5.58 Å². The number of aromatic amines is 1. The smallest absolute Gasteiger partial charge is 0.408 e. The van der Waals surface area contributed by atoms with Gasteiger partial charge in [-0.05, 0) is 43.3 Å². The van der Waals surface area contributed by atoms with Crippen LogP contribution < -0.4 is 10.5 Å². The molecule has 3 aromatic heterocycles. The average Bonchev–Trinajstić information content (AvgIpc) is 3.26. The fourth-order valence-electron chi connectivity index (χ4n) is 3.32. The SMILES string of the molecule is Cc1c(-c2cccc(NS(=O)(=O)c3ccc4oc(=O)[nH]c4c3)c2)nc2ncccn12. The third-order valence-corrected chi connectivity index (χ3v) is 6.11. The van der Waals surface area contributed by atoms with Crippen molar-refractivity contribution in [1.82, 2.24) is 19.4 Å². The summed E-state index contributed by atoms with van der Waals surface area (Å²) in [5.74, 6) is -0.0732. The Morgan fingerprint density at radius 3 is 2.83 bits per heavy atom. The Kier molecular flexibility index (Phi) is 3.97. The first kappa shape index (κ1) is 18.1. The predicted octanol–water partition coefficient (Wildman–Crippen LogP) is 2.94. The van der Waals surface area contributed by atoms with Crippen molar-refractivity contribution in [3.8, 4) is 11.3 Å². The van der Waals surface area contributed by atoms with Crippen molar-refractivity contribution < 1.29 is 12.8 Å². The molecular formula is C20H15N5O4S. The van der Waals surface area contributed by atoms with Gasteiger partial charge in [0, 0.05) is 29.3 Å². The van der Waals surface area contributed by atoms with Crippen molar-refractivity contribution in [2.24, 2.45) is 0 Å². The lowest BCUT2D eigenvalue weighted by Gasteiger charge is -2.09. The Hall–Kier alpha value is -3.92. The van der Waals surface area contributed by atoms with E-state index in [0.717, 1.165) is 11.3 Å². The maximum Gasteiger partial charge on any atom is 0.417 e. The number of nitrogens with one attached hydrogen (secondary N) is 2. The number of aryl methyl sites for hydroxylation is 1. The Bertz CT molecular complexity index is 1580. The highest BCUT2D eigenvalue weighted by atomic mass is 32.2. The topological polar surface area (TPSA) is 122 Å². The van der Waals surface area contributed by atoms with Gasteiger partial charge in [-0.1, -0.05) is 12.1 Å². The van der Waals surface area contributed by atoms with Crippen molar-refractivity contribution in [2.75, 3.05) is 4.72 Å². The van der Waals surface area contributed by atoms with Crippen molar-refractivity contribution in [2.45, 2.75) is 11.8 Å². The van der Waals surface area contributed by atoms with Gasteiger partial charge in [0.2, 0.25) is 5.78 Å². The van der Waals surface area contributed by atoms with E-state index in [-0.39, 0.29) is 10.5 Å². The van der Waals surface area contributed by atoms with Gasteiger partial charge in [-0.15, -0.1) is 0 Å². The molecule has 150 valence electrons. The van der Waals surface area contributed by atoms with Gasteiger partial charge in [0.25, 0.3) is 10.0 Å². The van der Waals surface area contributed by atoms with Gasteiger partial charge in [-0.2, -0.15) is 0 Å². The molecular weight excluding hydrogens is 406 g/mol. The van der Waals surface area contributed by atoms with E-state index in [2.05, 4.69) is 19.7 Å². The second kappa shape index (κ2) is 6.56. The molecule has 2 aromatic carbocycles. The molecule has 0 aliphatic carbocycles. The van der Waals surface area contributed by atoms with E-state index < -0.39 is 15.8 Å². The Morgan fingerprint density at radius 1 is 1.13 bits per heavy atom. The van der Waals surface area contributed by atoms with Crippen LogP contribution in [0.25, 0.3) is 28.1 Å². The maximum absolute atomic E-state index is 12.8. The van der Waals surface area contributed by atoms with Gasteiger partial charge in [-0.25, -0.2) is 23.2 Å². The minimum Gasteiger partial charge on any atom is -0.408 e. The first-order chi connectivity index (χ1) is 14.4. The van der Waals surface area contributed by atoms with Crippen molar-refractivity contribution in [3.05, 3.63) is 77.2 Å². The molecule has 0 fully saturated rings. The summed E-state index contributed by atoms with van der Waals surface area (Å²) >= 11 is 0. The standard InChI is InChI=1S/C20H15N5O4S/c1-12-18(23-19-21-8-3-9-25(12)19)13-4-2-5-14(10-13)24-30(27,28)15-6-7-17-16(11-15)22-20(26)29-17/h2-11,24H,1H3,(H,22,26). The van der Waals surface area contributed by atoms with Gasteiger partial charge in [0.05, 0.1) is 16.1 Å². The maximum atomic E-state index is 12.8. The third kappa shape index (κ3) is 3.03. The van der Waals surface area contributed by atoms with Gasteiger partial charge in [0.1, 0.15) is 0 Å². The van der Waals surface area contributed by atoms with Gasteiger partial charge >= 0.3 is 5.76 Å². The molecule has 9 nitrogen and oxygen atoms in total. The zero-order valence-corrected chi connectivity index (χ0v) is 16.5. The van der Waals surface area contributed by atoms with Gasteiger partial charge < -0.3 is 4.42 Å². The average molecular weight is 421 g/mol. The zero-order chi connectivity index (χ0) is 20.9. The number of imidazole rings is 1.